The summed E-state index contributed by atoms with van der Waals surface area (Å²) in [5.41, 5.74) is 2.38. The first-order valence-corrected chi connectivity index (χ1v) is 8.39. The summed E-state index contributed by atoms with van der Waals surface area (Å²) >= 11 is 7.10. The van der Waals surface area contributed by atoms with Crippen LogP contribution in [0.2, 0.25) is 0 Å². The predicted octanol–water partition coefficient (Wildman–Crippen LogP) is 4.51. The largest absolute Gasteiger partial charge is 0.497 e. The van der Waals surface area contributed by atoms with Crippen LogP contribution in [-0.2, 0) is 6.42 Å². The molecule has 0 bridgehead atoms. The number of rotatable bonds is 6. The van der Waals surface area contributed by atoms with Gasteiger partial charge >= 0.3 is 0 Å². The van der Waals surface area contributed by atoms with Crippen LogP contribution in [0.4, 0.5) is 0 Å². The summed E-state index contributed by atoms with van der Waals surface area (Å²) in [6.45, 7) is 3.01. The first-order chi connectivity index (χ1) is 10.1. The maximum Gasteiger partial charge on any atom is 0.119 e. The third kappa shape index (κ3) is 4.53. The van der Waals surface area contributed by atoms with Gasteiger partial charge in [0.1, 0.15) is 5.75 Å². The van der Waals surface area contributed by atoms with Crippen LogP contribution >= 0.6 is 31.9 Å². The van der Waals surface area contributed by atoms with Gasteiger partial charge in [-0.25, -0.2) is 0 Å². The van der Waals surface area contributed by atoms with Gasteiger partial charge in [-0.3, -0.25) is 4.98 Å². The predicted molar refractivity (Wildman–Crippen MR) is 92.8 cm³/mol. The lowest BCUT2D eigenvalue weighted by atomic mass is 10.00. The van der Waals surface area contributed by atoms with Crippen LogP contribution in [0.15, 0.2) is 45.6 Å². The number of pyridine rings is 1. The molecule has 1 unspecified atom stereocenters. The van der Waals surface area contributed by atoms with E-state index in [0.29, 0.717) is 0 Å². The third-order valence-corrected chi connectivity index (χ3v) is 4.46. The summed E-state index contributed by atoms with van der Waals surface area (Å²) in [6.07, 6.45) is 4.57. The highest BCUT2D eigenvalue weighted by molar-refractivity contribution is 9.10. The maximum atomic E-state index is 5.32. The van der Waals surface area contributed by atoms with E-state index < -0.39 is 0 Å². The highest BCUT2D eigenvalue weighted by Gasteiger charge is 2.14. The lowest BCUT2D eigenvalue weighted by Gasteiger charge is -2.19. The van der Waals surface area contributed by atoms with Crippen LogP contribution in [0, 0.1) is 0 Å². The third-order valence-electron chi connectivity index (χ3n) is 3.26. The lowest BCUT2D eigenvalue weighted by molar-refractivity contribution is 0.413. The summed E-state index contributed by atoms with van der Waals surface area (Å²) in [5, 5.41) is 3.52. The van der Waals surface area contributed by atoms with Gasteiger partial charge in [0.15, 0.2) is 0 Å². The molecule has 0 amide bonds. The number of aromatic nitrogens is 1. The minimum Gasteiger partial charge on any atom is -0.497 e. The fourth-order valence-corrected chi connectivity index (χ4v) is 3.02. The van der Waals surface area contributed by atoms with Crippen LogP contribution in [0.25, 0.3) is 0 Å². The molecule has 0 saturated heterocycles. The van der Waals surface area contributed by atoms with Gasteiger partial charge in [-0.2, -0.15) is 0 Å². The zero-order chi connectivity index (χ0) is 15.2. The molecule has 2 aromatic rings. The van der Waals surface area contributed by atoms with Gasteiger partial charge in [0, 0.05) is 27.4 Å². The Hall–Kier alpha value is -0.910. The van der Waals surface area contributed by atoms with Crippen molar-refractivity contribution in [3.05, 3.63) is 56.7 Å². The van der Waals surface area contributed by atoms with Crippen molar-refractivity contribution in [1.82, 2.24) is 10.3 Å². The van der Waals surface area contributed by atoms with Gasteiger partial charge in [0.25, 0.3) is 0 Å². The molecular formula is C16H18Br2N2O. The smallest absolute Gasteiger partial charge is 0.119 e. The molecular weight excluding hydrogens is 396 g/mol. The van der Waals surface area contributed by atoms with Gasteiger partial charge in [0.2, 0.25) is 0 Å². The van der Waals surface area contributed by atoms with E-state index in [4.69, 9.17) is 4.74 Å². The molecule has 0 aliphatic rings. The SMILES string of the molecule is CCNC(Cc1cc(OC)ccc1Br)c1cncc(Br)c1. The lowest BCUT2D eigenvalue weighted by Crippen LogP contribution is -2.23. The number of halogens is 2. The number of benzene rings is 1. The zero-order valence-corrected chi connectivity index (χ0v) is 15.2. The van der Waals surface area contributed by atoms with E-state index >= 15 is 0 Å². The normalized spacial score (nSPS) is 12.2. The van der Waals surface area contributed by atoms with Crippen molar-refractivity contribution in [3.8, 4) is 5.75 Å². The number of ether oxygens (including phenoxy) is 1. The molecule has 0 aliphatic carbocycles. The fraction of sp³-hybridized carbons (Fsp3) is 0.312. The second-order valence-corrected chi connectivity index (χ2v) is 6.48. The first kappa shape index (κ1) is 16.5. The van der Waals surface area contributed by atoms with E-state index in [0.717, 1.165) is 27.7 Å². The molecule has 1 heterocycles. The molecule has 1 aromatic carbocycles. The van der Waals surface area contributed by atoms with Crippen LogP contribution in [0.3, 0.4) is 0 Å². The number of nitrogens with one attached hydrogen (secondary N) is 1. The van der Waals surface area contributed by atoms with E-state index in [1.807, 2.05) is 18.3 Å². The van der Waals surface area contributed by atoms with Gasteiger partial charge in [-0.1, -0.05) is 22.9 Å². The molecule has 112 valence electrons. The van der Waals surface area contributed by atoms with Crippen molar-refractivity contribution in [2.24, 2.45) is 0 Å². The number of hydrogen-bond donors (Lipinski definition) is 1. The van der Waals surface area contributed by atoms with Gasteiger partial charge in [-0.15, -0.1) is 0 Å². The Morgan fingerprint density at radius 3 is 2.71 bits per heavy atom. The summed E-state index contributed by atoms with van der Waals surface area (Å²) in [6, 6.07) is 8.37. The van der Waals surface area contributed by atoms with Crippen LogP contribution in [0.1, 0.15) is 24.1 Å². The summed E-state index contributed by atoms with van der Waals surface area (Å²) in [7, 11) is 1.69. The molecule has 2 rings (SSSR count). The number of likely N-dealkylation sites (N-methyl/N-ethyl adjacent to an activating group) is 1. The quantitative estimate of drug-likeness (QED) is 0.756. The van der Waals surface area contributed by atoms with E-state index in [9.17, 15) is 0 Å². The minimum absolute atomic E-state index is 0.211. The zero-order valence-electron chi connectivity index (χ0n) is 12.1. The van der Waals surface area contributed by atoms with Crippen molar-refractivity contribution in [2.45, 2.75) is 19.4 Å². The molecule has 5 heteroatoms. The van der Waals surface area contributed by atoms with Crippen molar-refractivity contribution in [3.63, 3.8) is 0 Å². The Bertz CT molecular complexity index is 605. The molecule has 0 saturated carbocycles. The van der Waals surface area contributed by atoms with Gasteiger partial charge < -0.3 is 10.1 Å². The number of methoxy groups -OCH3 is 1. The average Bonchev–Trinajstić information content (AvgIpc) is 2.49. The Balaban J connectivity index is 2.28. The van der Waals surface area contributed by atoms with Gasteiger partial charge in [0.05, 0.1) is 7.11 Å². The number of hydrogen-bond acceptors (Lipinski definition) is 3. The van der Waals surface area contributed by atoms with Crippen molar-refractivity contribution >= 4 is 31.9 Å². The Morgan fingerprint density at radius 2 is 2.05 bits per heavy atom. The van der Waals surface area contributed by atoms with Crippen LogP contribution in [-0.4, -0.2) is 18.6 Å². The highest BCUT2D eigenvalue weighted by Crippen LogP contribution is 2.28. The van der Waals surface area contributed by atoms with Crippen molar-refractivity contribution < 1.29 is 4.74 Å². The molecule has 3 nitrogen and oxygen atoms in total. The van der Waals surface area contributed by atoms with E-state index in [1.165, 1.54) is 11.1 Å². The van der Waals surface area contributed by atoms with Crippen LogP contribution in [0.5, 0.6) is 5.75 Å². The van der Waals surface area contributed by atoms with Crippen LogP contribution < -0.4 is 10.1 Å². The van der Waals surface area contributed by atoms with E-state index in [1.54, 1.807) is 13.3 Å². The number of nitrogens with zero attached hydrogens (tertiary/aromatic N) is 1. The van der Waals surface area contributed by atoms with E-state index in [2.05, 4.69) is 61.2 Å². The summed E-state index contributed by atoms with van der Waals surface area (Å²) in [5.74, 6) is 0.871. The standard InChI is InChI=1S/C16H18Br2N2O/c1-3-20-16(12-6-13(17)10-19-9-12)8-11-7-14(21-2)4-5-15(11)18/h4-7,9-10,16,20H,3,8H2,1-2H3. The Kier molecular flexibility index (Phi) is 6.21. The Morgan fingerprint density at radius 1 is 1.24 bits per heavy atom. The molecule has 1 N–H and O–H groups in total. The van der Waals surface area contributed by atoms with E-state index in [-0.39, 0.29) is 6.04 Å². The molecule has 21 heavy (non-hydrogen) atoms. The second kappa shape index (κ2) is 7.92. The minimum atomic E-state index is 0.211. The summed E-state index contributed by atoms with van der Waals surface area (Å²) < 4.78 is 7.40. The first-order valence-electron chi connectivity index (χ1n) is 6.80. The fourth-order valence-electron chi connectivity index (χ4n) is 2.23. The molecule has 0 radical (unpaired) electrons. The van der Waals surface area contributed by atoms with Gasteiger partial charge in [-0.05, 0) is 64.3 Å². The molecule has 0 spiro atoms. The van der Waals surface area contributed by atoms with Crippen molar-refractivity contribution in [2.75, 3.05) is 13.7 Å². The molecule has 1 atom stereocenters. The Labute approximate surface area is 142 Å². The monoisotopic (exact) mass is 412 g/mol. The average molecular weight is 414 g/mol. The molecule has 0 fully saturated rings. The second-order valence-electron chi connectivity index (χ2n) is 4.71. The van der Waals surface area contributed by atoms with Crippen molar-refractivity contribution in [1.29, 1.82) is 0 Å². The maximum absolute atomic E-state index is 5.32. The highest BCUT2D eigenvalue weighted by atomic mass is 79.9. The molecule has 1 aromatic heterocycles. The topological polar surface area (TPSA) is 34.1 Å². The molecule has 0 aliphatic heterocycles. The summed E-state index contributed by atoms with van der Waals surface area (Å²) in [4.78, 5) is 4.26.